The summed E-state index contributed by atoms with van der Waals surface area (Å²) in [7, 11) is 1.61. The molecule has 1 atom stereocenters. The molecule has 0 bridgehead atoms. The van der Waals surface area contributed by atoms with E-state index in [0.29, 0.717) is 23.7 Å². The number of benzene rings is 1. The number of ether oxygens (including phenoxy) is 1. The van der Waals surface area contributed by atoms with Crippen LogP contribution in [0.3, 0.4) is 0 Å². The number of pyridine rings is 1. The van der Waals surface area contributed by atoms with Crippen LogP contribution in [0.4, 0.5) is 0 Å². The summed E-state index contributed by atoms with van der Waals surface area (Å²) >= 11 is 5.92. The van der Waals surface area contributed by atoms with Gasteiger partial charge in [0, 0.05) is 30.3 Å². The Morgan fingerprint density at radius 2 is 1.90 bits per heavy atom. The van der Waals surface area contributed by atoms with E-state index < -0.39 is 0 Å². The van der Waals surface area contributed by atoms with Crippen LogP contribution < -0.4 is 11.3 Å². The van der Waals surface area contributed by atoms with E-state index in [2.05, 4.69) is 0 Å². The zero-order valence-corrected chi connectivity index (χ0v) is 12.9. The first-order valence-electron chi connectivity index (χ1n) is 6.78. The molecule has 1 heterocycles. The fourth-order valence-electron chi connectivity index (χ4n) is 2.22. The lowest BCUT2D eigenvalue weighted by Crippen LogP contribution is -2.29. The number of nitrogens with two attached hydrogens (primary N) is 1. The number of halogens is 1. The maximum atomic E-state index is 12.6. The third-order valence-electron chi connectivity index (χ3n) is 3.35. The molecule has 0 aliphatic rings. The SMILES string of the molecule is COCCn1c(-c2ccc(Cl)cc2)ccc(C(C)N)c1=O. The number of hydrogen-bond donors (Lipinski definition) is 1. The van der Waals surface area contributed by atoms with Gasteiger partial charge in [-0.1, -0.05) is 23.7 Å². The van der Waals surface area contributed by atoms with Crippen LogP contribution >= 0.6 is 11.6 Å². The summed E-state index contributed by atoms with van der Waals surface area (Å²) in [4.78, 5) is 12.6. The van der Waals surface area contributed by atoms with Gasteiger partial charge in [0.05, 0.1) is 12.3 Å². The number of hydrogen-bond acceptors (Lipinski definition) is 3. The lowest BCUT2D eigenvalue weighted by atomic mass is 10.1. The van der Waals surface area contributed by atoms with Crippen LogP contribution in [0.25, 0.3) is 11.3 Å². The van der Waals surface area contributed by atoms with E-state index in [0.717, 1.165) is 11.3 Å². The Balaban J connectivity index is 2.56. The first-order chi connectivity index (χ1) is 10.0. The molecule has 1 unspecified atom stereocenters. The van der Waals surface area contributed by atoms with E-state index in [9.17, 15) is 4.79 Å². The van der Waals surface area contributed by atoms with Crippen molar-refractivity contribution in [1.82, 2.24) is 4.57 Å². The predicted molar refractivity (Wildman–Crippen MR) is 85.6 cm³/mol. The van der Waals surface area contributed by atoms with Crippen molar-refractivity contribution in [2.24, 2.45) is 5.73 Å². The van der Waals surface area contributed by atoms with Crippen LogP contribution in [0.2, 0.25) is 5.02 Å². The topological polar surface area (TPSA) is 57.2 Å². The first-order valence-corrected chi connectivity index (χ1v) is 7.16. The van der Waals surface area contributed by atoms with Gasteiger partial charge in [-0.3, -0.25) is 4.79 Å². The van der Waals surface area contributed by atoms with Crippen LogP contribution in [0, 0.1) is 0 Å². The molecule has 5 heteroatoms. The van der Waals surface area contributed by atoms with Crippen molar-refractivity contribution in [3.05, 3.63) is 57.3 Å². The Morgan fingerprint density at radius 1 is 1.24 bits per heavy atom. The summed E-state index contributed by atoms with van der Waals surface area (Å²) in [5.41, 5.74) is 8.15. The highest BCUT2D eigenvalue weighted by Crippen LogP contribution is 2.21. The van der Waals surface area contributed by atoms with Gasteiger partial charge in [0.2, 0.25) is 0 Å². The molecule has 0 fully saturated rings. The molecule has 0 amide bonds. The number of nitrogens with zero attached hydrogens (tertiary/aromatic N) is 1. The van der Waals surface area contributed by atoms with Gasteiger partial charge >= 0.3 is 0 Å². The highest BCUT2D eigenvalue weighted by atomic mass is 35.5. The molecular weight excluding hydrogens is 288 g/mol. The Kier molecular flexibility index (Phi) is 5.17. The molecule has 1 aromatic heterocycles. The monoisotopic (exact) mass is 306 g/mol. The minimum Gasteiger partial charge on any atom is -0.383 e. The van der Waals surface area contributed by atoms with E-state index in [4.69, 9.17) is 22.1 Å². The lowest BCUT2D eigenvalue weighted by molar-refractivity contribution is 0.186. The van der Waals surface area contributed by atoms with Crippen molar-refractivity contribution in [3.8, 4) is 11.3 Å². The third kappa shape index (κ3) is 3.53. The van der Waals surface area contributed by atoms with Crippen LogP contribution in [0.5, 0.6) is 0 Å². The molecule has 2 N–H and O–H groups in total. The number of aromatic nitrogens is 1. The Hall–Kier alpha value is -1.62. The van der Waals surface area contributed by atoms with Crippen molar-refractivity contribution in [1.29, 1.82) is 0 Å². The van der Waals surface area contributed by atoms with E-state index in [1.54, 1.807) is 24.7 Å². The van der Waals surface area contributed by atoms with E-state index in [1.165, 1.54) is 0 Å². The van der Waals surface area contributed by atoms with Crippen LogP contribution in [0.15, 0.2) is 41.2 Å². The smallest absolute Gasteiger partial charge is 0.255 e. The van der Waals surface area contributed by atoms with Gasteiger partial charge in [-0.25, -0.2) is 0 Å². The average molecular weight is 307 g/mol. The van der Waals surface area contributed by atoms with E-state index >= 15 is 0 Å². The molecule has 0 radical (unpaired) electrons. The molecule has 112 valence electrons. The minimum absolute atomic E-state index is 0.0745. The van der Waals surface area contributed by atoms with Crippen molar-refractivity contribution >= 4 is 11.6 Å². The first kappa shape index (κ1) is 15.8. The normalized spacial score (nSPS) is 12.4. The number of methoxy groups -OCH3 is 1. The standard InChI is InChI=1S/C16H19ClN2O2/c1-11(18)14-7-8-15(12-3-5-13(17)6-4-12)19(16(14)20)9-10-21-2/h3-8,11H,9-10,18H2,1-2H3. The Morgan fingerprint density at radius 3 is 2.48 bits per heavy atom. The van der Waals surface area contributed by atoms with Crippen molar-refractivity contribution in [2.45, 2.75) is 19.5 Å². The lowest BCUT2D eigenvalue weighted by Gasteiger charge is -2.16. The summed E-state index contributed by atoms with van der Waals surface area (Å²) < 4.78 is 6.80. The minimum atomic E-state index is -0.300. The fourth-order valence-corrected chi connectivity index (χ4v) is 2.35. The van der Waals surface area contributed by atoms with Gasteiger partial charge in [-0.2, -0.15) is 0 Å². The van der Waals surface area contributed by atoms with E-state index in [1.807, 2.05) is 30.3 Å². The van der Waals surface area contributed by atoms with Crippen LogP contribution in [-0.2, 0) is 11.3 Å². The van der Waals surface area contributed by atoms with Crippen LogP contribution in [-0.4, -0.2) is 18.3 Å². The van der Waals surface area contributed by atoms with Crippen molar-refractivity contribution in [2.75, 3.05) is 13.7 Å². The summed E-state index contributed by atoms with van der Waals surface area (Å²) in [6.07, 6.45) is 0. The zero-order valence-electron chi connectivity index (χ0n) is 12.2. The molecular formula is C16H19ClN2O2. The van der Waals surface area contributed by atoms with Gasteiger partial charge in [0.25, 0.3) is 5.56 Å². The summed E-state index contributed by atoms with van der Waals surface area (Å²) in [5.74, 6) is 0. The van der Waals surface area contributed by atoms with E-state index in [-0.39, 0.29) is 11.6 Å². The molecule has 21 heavy (non-hydrogen) atoms. The quantitative estimate of drug-likeness (QED) is 0.924. The average Bonchev–Trinajstić information content (AvgIpc) is 2.46. The fraction of sp³-hybridized carbons (Fsp3) is 0.312. The zero-order chi connectivity index (χ0) is 15.4. The molecule has 0 spiro atoms. The number of rotatable bonds is 5. The molecule has 0 aliphatic carbocycles. The van der Waals surface area contributed by atoms with Gasteiger partial charge in [-0.15, -0.1) is 0 Å². The maximum absolute atomic E-state index is 12.6. The summed E-state index contributed by atoms with van der Waals surface area (Å²) in [6.45, 7) is 2.75. The van der Waals surface area contributed by atoms with Crippen molar-refractivity contribution in [3.63, 3.8) is 0 Å². The Labute approximate surface area is 129 Å². The molecule has 0 saturated heterocycles. The highest BCUT2D eigenvalue weighted by molar-refractivity contribution is 6.30. The third-order valence-corrected chi connectivity index (χ3v) is 3.61. The molecule has 2 rings (SSSR count). The second kappa shape index (κ2) is 6.89. The largest absolute Gasteiger partial charge is 0.383 e. The van der Waals surface area contributed by atoms with Crippen LogP contribution in [0.1, 0.15) is 18.5 Å². The molecule has 0 saturated carbocycles. The van der Waals surface area contributed by atoms with Gasteiger partial charge in [0.1, 0.15) is 0 Å². The molecule has 4 nitrogen and oxygen atoms in total. The van der Waals surface area contributed by atoms with Gasteiger partial charge in [-0.05, 0) is 36.8 Å². The second-order valence-corrected chi connectivity index (χ2v) is 5.36. The predicted octanol–water partition coefficient (Wildman–Crippen LogP) is 2.83. The maximum Gasteiger partial charge on any atom is 0.255 e. The highest BCUT2D eigenvalue weighted by Gasteiger charge is 2.12. The second-order valence-electron chi connectivity index (χ2n) is 4.92. The summed E-state index contributed by atoms with van der Waals surface area (Å²) in [6, 6.07) is 10.8. The van der Waals surface area contributed by atoms with Crippen molar-refractivity contribution < 1.29 is 4.74 Å². The summed E-state index contributed by atoms with van der Waals surface area (Å²) in [5, 5.41) is 0.664. The molecule has 0 aliphatic heterocycles. The van der Waals surface area contributed by atoms with Gasteiger partial charge < -0.3 is 15.0 Å². The van der Waals surface area contributed by atoms with Gasteiger partial charge in [0.15, 0.2) is 0 Å². The molecule has 1 aromatic carbocycles. The Bertz CT molecular complexity index is 663. The molecule has 2 aromatic rings.